The van der Waals surface area contributed by atoms with Crippen molar-refractivity contribution in [1.29, 1.82) is 0 Å². The third kappa shape index (κ3) is 3.57. The number of aromatic nitrogens is 1. The van der Waals surface area contributed by atoms with Crippen LogP contribution in [0.2, 0.25) is 0 Å². The van der Waals surface area contributed by atoms with Crippen LogP contribution in [0.3, 0.4) is 0 Å². The summed E-state index contributed by atoms with van der Waals surface area (Å²) < 4.78 is 3.57. The number of rotatable bonds is 5. The number of aliphatic imine (C=N–C) groups is 1. The third-order valence-electron chi connectivity index (χ3n) is 6.07. The molecule has 6 aromatic rings. The van der Waals surface area contributed by atoms with Gasteiger partial charge in [0.1, 0.15) is 0 Å². The van der Waals surface area contributed by atoms with Crippen LogP contribution in [0.4, 0.5) is 0 Å². The normalized spacial score (nSPS) is 12.3. The molecule has 0 aliphatic carbocycles. The van der Waals surface area contributed by atoms with Crippen molar-refractivity contribution >= 4 is 60.8 Å². The van der Waals surface area contributed by atoms with Crippen LogP contribution in [0.5, 0.6) is 0 Å². The molecule has 0 radical (unpaired) electrons. The van der Waals surface area contributed by atoms with Gasteiger partial charge in [0, 0.05) is 32.9 Å². The molecule has 0 spiro atoms. The van der Waals surface area contributed by atoms with E-state index in [0.29, 0.717) is 0 Å². The lowest BCUT2D eigenvalue weighted by Crippen LogP contribution is -1.94. The van der Waals surface area contributed by atoms with Crippen LogP contribution in [0.25, 0.3) is 43.3 Å². The highest BCUT2D eigenvalue weighted by atomic mass is 32.1. The molecule has 4 aromatic carbocycles. The minimum atomic E-state index is 0.873. The summed E-state index contributed by atoms with van der Waals surface area (Å²) in [6.45, 7) is 4.50. The molecule has 0 fully saturated rings. The van der Waals surface area contributed by atoms with Gasteiger partial charge in [0.2, 0.25) is 0 Å². The summed E-state index contributed by atoms with van der Waals surface area (Å²) in [7, 11) is 0. The standard InChI is InChI=1S/C31H22N2S/c1-22(20-27(24-12-6-3-7-13-24)32-21-23-10-4-2-5-11-23)33-28-15-9-8-14-26(28)30-29(33)17-16-25-18-19-34-31(25)30/h2-21H,1H2. The zero-order valence-corrected chi connectivity index (χ0v) is 19.4. The van der Waals surface area contributed by atoms with Gasteiger partial charge in [-0.2, -0.15) is 0 Å². The summed E-state index contributed by atoms with van der Waals surface area (Å²) in [5, 5.41) is 5.97. The highest BCUT2D eigenvalue weighted by Gasteiger charge is 2.15. The summed E-state index contributed by atoms with van der Waals surface area (Å²) in [5.41, 5.74) is 6.18. The van der Waals surface area contributed by atoms with Gasteiger partial charge in [-0.25, -0.2) is 0 Å². The minimum absolute atomic E-state index is 0.873. The van der Waals surface area contributed by atoms with Crippen molar-refractivity contribution < 1.29 is 0 Å². The average Bonchev–Trinajstić information content (AvgIpc) is 3.50. The lowest BCUT2D eigenvalue weighted by Gasteiger charge is -2.10. The molecule has 162 valence electrons. The fourth-order valence-electron chi connectivity index (χ4n) is 4.50. The van der Waals surface area contributed by atoms with Crippen molar-refractivity contribution in [3.8, 4) is 0 Å². The third-order valence-corrected chi connectivity index (χ3v) is 7.01. The first-order chi connectivity index (χ1) is 16.8. The SMILES string of the molecule is C=C(C=C(N=Cc1ccccc1)c1ccccc1)n1c2ccccc2c2c3sccc3ccc21. The van der Waals surface area contributed by atoms with E-state index in [0.717, 1.165) is 33.6 Å². The first-order valence-electron chi connectivity index (χ1n) is 11.2. The van der Waals surface area contributed by atoms with E-state index in [-0.39, 0.29) is 0 Å². The van der Waals surface area contributed by atoms with E-state index in [1.807, 2.05) is 42.6 Å². The monoisotopic (exact) mass is 454 g/mol. The molecule has 0 saturated carbocycles. The summed E-state index contributed by atoms with van der Waals surface area (Å²) in [6.07, 6.45) is 3.99. The van der Waals surface area contributed by atoms with E-state index >= 15 is 0 Å². The molecule has 0 N–H and O–H groups in total. The largest absolute Gasteiger partial charge is 0.310 e. The minimum Gasteiger partial charge on any atom is -0.310 e. The van der Waals surface area contributed by atoms with Crippen molar-refractivity contribution in [2.45, 2.75) is 0 Å². The van der Waals surface area contributed by atoms with Crippen LogP contribution in [0.1, 0.15) is 11.1 Å². The van der Waals surface area contributed by atoms with Crippen molar-refractivity contribution in [1.82, 2.24) is 4.57 Å². The van der Waals surface area contributed by atoms with Gasteiger partial charge in [0.05, 0.1) is 16.7 Å². The maximum absolute atomic E-state index is 4.88. The Morgan fingerprint density at radius 3 is 2.32 bits per heavy atom. The Bertz CT molecular complexity index is 1700. The van der Waals surface area contributed by atoms with Crippen molar-refractivity contribution in [3.63, 3.8) is 0 Å². The molecule has 2 heterocycles. The van der Waals surface area contributed by atoms with E-state index in [2.05, 4.69) is 89.3 Å². The van der Waals surface area contributed by atoms with Gasteiger partial charge >= 0.3 is 0 Å². The number of fused-ring (bicyclic) bond motifs is 5. The Morgan fingerprint density at radius 2 is 1.50 bits per heavy atom. The molecular weight excluding hydrogens is 432 g/mol. The molecular formula is C31H22N2S. The quantitative estimate of drug-likeness (QED) is 0.183. The predicted molar refractivity (Wildman–Crippen MR) is 149 cm³/mol. The summed E-state index contributed by atoms with van der Waals surface area (Å²) >= 11 is 1.79. The van der Waals surface area contributed by atoms with Gasteiger partial charge in [-0.3, -0.25) is 4.99 Å². The molecule has 6 rings (SSSR count). The molecule has 3 heteroatoms. The molecule has 0 amide bonds. The van der Waals surface area contributed by atoms with Crippen LogP contribution in [-0.4, -0.2) is 10.8 Å². The Kier molecular flexibility index (Phi) is 5.17. The number of nitrogens with zero attached hydrogens (tertiary/aromatic N) is 2. The van der Waals surface area contributed by atoms with Crippen LogP contribution in [-0.2, 0) is 0 Å². The van der Waals surface area contributed by atoms with E-state index in [1.54, 1.807) is 11.3 Å². The topological polar surface area (TPSA) is 17.3 Å². The first-order valence-corrected chi connectivity index (χ1v) is 12.1. The Morgan fingerprint density at radius 1 is 0.765 bits per heavy atom. The second-order valence-electron chi connectivity index (χ2n) is 8.21. The van der Waals surface area contributed by atoms with E-state index in [1.165, 1.54) is 20.9 Å². The van der Waals surface area contributed by atoms with Crippen molar-refractivity contribution in [3.05, 3.63) is 132 Å². The zero-order valence-electron chi connectivity index (χ0n) is 18.6. The van der Waals surface area contributed by atoms with Gasteiger partial charge in [-0.1, -0.05) is 91.5 Å². The number of hydrogen-bond acceptors (Lipinski definition) is 2. The fourth-order valence-corrected chi connectivity index (χ4v) is 5.45. The second-order valence-corrected chi connectivity index (χ2v) is 9.12. The van der Waals surface area contributed by atoms with Crippen molar-refractivity contribution in [2.24, 2.45) is 4.99 Å². The molecule has 0 aliphatic rings. The summed E-state index contributed by atoms with van der Waals surface area (Å²) in [4.78, 5) is 4.88. The number of benzene rings is 4. The number of hydrogen-bond donors (Lipinski definition) is 0. The Hall–Kier alpha value is -4.21. The van der Waals surface area contributed by atoms with Gasteiger partial charge in [0.25, 0.3) is 0 Å². The molecule has 0 atom stereocenters. The lowest BCUT2D eigenvalue weighted by molar-refractivity contribution is 1.24. The summed E-state index contributed by atoms with van der Waals surface area (Å²) in [6, 6.07) is 35.6. The van der Waals surface area contributed by atoms with Crippen LogP contribution in [0, 0.1) is 0 Å². The van der Waals surface area contributed by atoms with E-state index in [9.17, 15) is 0 Å². The number of allylic oxidation sites excluding steroid dienone is 2. The van der Waals surface area contributed by atoms with Crippen LogP contribution >= 0.6 is 11.3 Å². The molecule has 0 unspecified atom stereocenters. The number of thiophene rings is 1. The molecule has 2 nitrogen and oxygen atoms in total. The van der Waals surface area contributed by atoms with E-state index < -0.39 is 0 Å². The highest BCUT2D eigenvalue weighted by molar-refractivity contribution is 7.18. The highest BCUT2D eigenvalue weighted by Crippen LogP contribution is 2.39. The van der Waals surface area contributed by atoms with Gasteiger partial charge in [-0.15, -0.1) is 11.3 Å². The van der Waals surface area contributed by atoms with Crippen LogP contribution < -0.4 is 0 Å². The molecule has 0 aliphatic heterocycles. The fraction of sp³-hybridized carbons (Fsp3) is 0. The summed E-state index contributed by atoms with van der Waals surface area (Å²) in [5.74, 6) is 0. The first kappa shape index (κ1) is 20.4. The van der Waals surface area contributed by atoms with E-state index in [4.69, 9.17) is 4.99 Å². The molecule has 2 aromatic heterocycles. The van der Waals surface area contributed by atoms with Gasteiger partial charge in [-0.05, 0) is 40.6 Å². The molecule has 0 saturated heterocycles. The molecule has 0 bridgehead atoms. The van der Waals surface area contributed by atoms with Crippen molar-refractivity contribution in [2.75, 3.05) is 0 Å². The Balaban J connectivity index is 1.54. The lowest BCUT2D eigenvalue weighted by atomic mass is 10.1. The smallest absolute Gasteiger partial charge is 0.0722 e. The van der Waals surface area contributed by atoms with Gasteiger partial charge < -0.3 is 4.57 Å². The maximum atomic E-state index is 4.88. The average molecular weight is 455 g/mol. The predicted octanol–water partition coefficient (Wildman–Crippen LogP) is 8.64. The Labute approximate surface area is 202 Å². The molecule has 34 heavy (non-hydrogen) atoms. The maximum Gasteiger partial charge on any atom is 0.0722 e. The van der Waals surface area contributed by atoms with Crippen LogP contribution in [0.15, 0.2) is 126 Å². The zero-order chi connectivity index (χ0) is 22.9. The number of para-hydroxylation sites is 1. The second kappa shape index (κ2) is 8.62. The van der Waals surface area contributed by atoms with Gasteiger partial charge in [0.15, 0.2) is 0 Å².